The molecule has 0 spiro atoms. The Hall–Kier alpha value is -4.31. The van der Waals surface area contributed by atoms with Gasteiger partial charge in [0, 0.05) is 22.5 Å². The van der Waals surface area contributed by atoms with Crippen LogP contribution >= 0.6 is 0 Å². The Morgan fingerprint density at radius 2 is 0.742 bits per heavy atom. The molecule has 0 fully saturated rings. The average Bonchev–Trinajstić information content (AvgIpc) is 2.86. The summed E-state index contributed by atoms with van der Waals surface area (Å²) in [6.45, 7) is 0. The van der Waals surface area contributed by atoms with Crippen LogP contribution in [0, 0.1) is 0 Å². The Balaban J connectivity index is 1.74. The molecule has 0 aliphatic rings. The Labute approximate surface area is 181 Å². The Morgan fingerprint density at radius 3 is 1.13 bits per heavy atom. The molecule has 0 aliphatic heterocycles. The molecule has 4 heteroatoms. The van der Waals surface area contributed by atoms with Gasteiger partial charge in [0.25, 0.3) is 0 Å². The summed E-state index contributed by atoms with van der Waals surface area (Å²) in [6, 6.07) is 40.3. The molecular weight excluding hydrogens is 380 g/mol. The lowest BCUT2D eigenvalue weighted by Gasteiger charge is -2.23. The predicted molar refractivity (Wildman–Crippen MR) is 125 cm³/mol. The van der Waals surface area contributed by atoms with Gasteiger partial charge in [-0.25, -0.2) is 4.98 Å². The van der Waals surface area contributed by atoms with Gasteiger partial charge in [0.05, 0.1) is 0 Å². The van der Waals surface area contributed by atoms with Gasteiger partial charge in [-0.1, -0.05) is 97.1 Å². The number of para-hydroxylation sites is 2. The summed E-state index contributed by atoms with van der Waals surface area (Å²) in [6.07, 6.45) is 0. The summed E-state index contributed by atoms with van der Waals surface area (Å²) < 4.78 is 0. The molecule has 0 saturated carbocycles. The van der Waals surface area contributed by atoms with E-state index in [0.717, 1.165) is 22.5 Å². The number of nitrogens with zero attached hydrogens (tertiary/aromatic N) is 4. The molecule has 5 rings (SSSR count). The summed E-state index contributed by atoms with van der Waals surface area (Å²) in [5, 5.41) is 0. The van der Waals surface area contributed by atoms with Crippen LogP contribution in [-0.2, 0) is 0 Å². The zero-order chi connectivity index (χ0) is 20.9. The third-order valence-electron chi connectivity index (χ3n) is 4.92. The monoisotopic (exact) mass is 400 g/mol. The van der Waals surface area contributed by atoms with Gasteiger partial charge < -0.3 is 0 Å². The summed E-state index contributed by atoms with van der Waals surface area (Å²) >= 11 is 0. The van der Waals surface area contributed by atoms with Crippen molar-refractivity contribution in [3.05, 3.63) is 121 Å². The Kier molecular flexibility index (Phi) is 5.18. The SMILES string of the molecule is c1ccc(-c2nc(-c3ccccc3)nc(N(c3ccccc3)c3ccccc3)n2)cc1. The maximum atomic E-state index is 4.89. The zero-order valence-electron chi connectivity index (χ0n) is 16.8. The largest absolute Gasteiger partial charge is 0.279 e. The smallest absolute Gasteiger partial charge is 0.238 e. The third-order valence-corrected chi connectivity index (χ3v) is 4.92. The van der Waals surface area contributed by atoms with E-state index in [1.807, 2.05) is 97.1 Å². The maximum Gasteiger partial charge on any atom is 0.238 e. The molecule has 31 heavy (non-hydrogen) atoms. The van der Waals surface area contributed by atoms with Crippen LogP contribution in [-0.4, -0.2) is 15.0 Å². The highest BCUT2D eigenvalue weighted by Crippen LogP contribution is 2.33. The highest BCUT2D eigenvalue weighted by molar-refractivity contribution is 5.74. The highest BCUT2D eigenvalue weighted by Gasteiger charge is 2.18. The zero-order valence-corrected chi connectivity index (χ0v) is 16.8. The van der Waals surface area contributed by atoms with Crippen molar-refractivity contribution in [2.45, 2.75) is 0 Å². The lowest BCUT2D eigenvalue weighted by atomic mass is 10.2. The molecule has 1 aromatic heterocycles. The second-order valence-electron chi connectivity index (χ2n) is 7.02. The molecule has 0 bridgehead atoms. The number of anilines is 3. The van der Waals surface area contributed by atoms with Crippen LogP contribution in [0.2, 0.25) is 0 Å². The van der Waals surface area contributed by atoms with Crippen molar-refractivity contribution >= 4 is 17.3 Å². The number of aromatic nitrogens is 3. The molecule has 5 aromatic rings. The minimum absolute atomic E-state index is 0.574. The topological polar surface area (TPSA) is 41.9 Å². The molecule has 4 aromatic carbocycles. The third kappa shape index (κ3) is 4.05. The van der Waals surface area contributed by atoms with Gasteiger partial charge in [-0.05, 0) is 24.3 Å². The van der Waals surface area contributed by atoms with Crippen LogP contribution in [0.5, 0.6) is 0 Å². The first-order valence-corrected chi connectivity index (χ1v) is 10.2. The van der Waals surface area contributed by atoms with Crippen molar-refractivity contribution in [2.75, 3.05) is 4.90 Å². The van der Waals surface area contributed by atoms with Crippen LogP contribution in [0.1, 0.15) is 0 Å². The van der Waals surface area contributed by atoms with Crippen LogP contribution in [0.4, 0.5) is 17.3 Å². The van der Waals surface area contributed by atoms with Crippen molar-refractivity contribution in [1.82, 2.24) is 15.0 Å². The van der Waals surface area contributed by atoms with E-state index in [1.165, 1.54) is 0 Å². The maximum absolute atomic E-state index is 4.89. The van der Waals surface area contributed by atoms with Gasteiger partial charge >= 0.3 is 0 Å². The second kappa shape index (κ2) is 8.59. The van der Waals surface area contributed by atoms with Crippen molar-refractivity contribution in [3.63, 3.8) is 0 Å². The fraction of sp³-hybridized carbons (Fsp3) is 0. The fourth-order valence-corrected chi connectivity index (χ4v) is 3.43. The Bertz CT molecular complexity index is 1160. The summed E-state index contributed by atoms with van der Waals surface area (Å²) in [5.74, 6) is 1.85. The summed E-state index contributed by atoms with van der Waals surface area (Å²) in [4.78, 5) is 16.6. The molecule has 0 aliphatic carbocycles. The van der Waals surface area contributed by atoms with E-state index in [0.29, 0.717) is 17.6 Å². The molecular formula is C27H20N4. The van der Waals surface area contributed by atoms with Gasteiger partial charge in [0.1, 0.15) is 0 Å². The number of benzene rings is 4. The normalized spacial score (nSPS) is 10.6. The fourth-order valence-electron chi connectivity index (χ4n) is 3.43. The quantitative estimate of drug-likeness (QED) is 0.330. The molecule has 0 atom stereocenters. The van der Waals surface area contributed by atoms with Crippen molar-refractivity contribution < 1.29 is 0 Å². The van der Waals surface area contributed by atoms with Gasteiger partial charge in [-0.3, -0.25) is 4.90 Å². The first-order valence-electron chi connectivity index (χ1n) is 10.2. The van der Waals surface area contributed by atoms with E-state index in [1.54, 1.807) is 0 Å². The van der Waals surface area contributed by atoms with E-state index in [2.05, 4.69) is 29.2 Å². The lowest BCUT2D eigenvalue weighted by molar-refractivity contribution is 1.02. The summed E-state index contributed by atoms with van der Waals surface area (Å²) in [5.41, 5.74) is 3.87. The van der Waals surface area contributed by atoms with Crippen molar-refractivity contribution in [2.24, 2.45) is 0 Å². The van der Waals surface area contributed by atoms with Gasteiger partial charge in [-0.2, -0.15) is 9.97 Å². The Morgan fingerprint density at radius 1 is 0.387 bits per heavy atom. The number of rotatable bonds is 5. The minimum Gasteiger partial charge on any atom is -0.279 e. The van der Waals surface area contributed by atoms with E-state index >= 15 is 0 Å². The molecule has 1 heterocycles. The minimum atomic E-state index is 0.574. The highest BCUT2D eigenvalue weighted by atomic mass is 15.3. The van der Waals surface area contributed by atoms with Crippen LogP contribution in [0.15, 0.2) is 121 Å². The average molecular weight is 400 g/mol. The van der Waals surface area contributed by atoms with Crippen molar-refractivity contribution in [1.29, 1.82) is 0 Å². The predicted octanol–water partition coefficient (Wildman–Crippen LogP) is 6.68. The molecule has 4 nitrogen and oxygen atoms in total. The molecule has 0 unspecified atom stereocenters. The second-order valence-corrected chi connectivity index (χ2v) is 7.02. The first-order chi connectivity index (χ1) is 15.4. The number of hydrogen-bond acceptors (Lipinski definition) is 4. The summed E-state index contributed by atoms with van der Waals surface area (Å²) in [7, 11) is 0. The van der Waals surface area contributed by atoms with Gasteiger partial charge in [0.15, 0.2) is 11.6 Å². The first kappa shape index (κ1) is 18.7. The molecule has 148 valence electrons. The molecule has 0 N–H and O–H groups in total. The van der Waals surface area contributed by atoms with Crippen LogP contribution in [0.3, 0.4) is 0 Å². The van der Waals surface area contributed by atoms with E-state index in [-0.39, 0.29) is 0 Å². The number of hydrogen-bond donors (Lipinski definition) is 0. The van der Waals surface area contributed by atoms with Crippen molar-refractivity contribution in [3.8, 4) is 22.8 Å². The molecule has 0 saturated heterocycles. The van der Waals surface area contributed by atoms with Gasteiger partial charge in [0.2, 0.25) is 5.95 Å². The standard InChI is InChI=1S/C27H20N4/c1-5-13-21(14-6-1)25-28-26(22-15-7-2-8-16-22)30-27(29-25)31(23-17-9-3-10-18-23)24-19-11-4-12-20-24/h1-20H. The molecule has 0 radical (unpaired) electrons. The van der Waals surface area contributed by atoms with E-state index < -0.39 is 0 Å². The lowest BCUT2D eigenvalue weighted by Crippen LogP contribution is -2.15. The van der Waals surface area contributed by atoms with E-state index in [4.69, 9.17) is 15.0 Å². The van der Waals surface area contributed by atoms with Crippen LogP contribution < -0.4 is 4.90 Å². The van der Waals surface area contributed by atoms with Crippen LogP contribution in [0.25, 0.3) is 22.8 Å². The molecule has 0 amide bonds. The van der Waals surface area contributed by atoms with Gasteiger partial charge in [-0.15, -0.1) is 0 Å². The van der Waals surface area contributed by atoms with E-state index in [9.17, 15) is 0 Å².